The molecule has 2 nitrogen and oxygen atoms in total. The minimum Gasteiger partial charge on any atom is -0.343 e. The highest BCUT2D eigenvalue weighted by Crippen LogP contribution is 2.30. The second-order valence-electron chi connectivity index (χ2n) is 4.60. The number of aromatic nitrogens is 1. The van der Waals surface area contributed by atoms with E-state index in [0.29, 0.717) is 6.54 Å². The van der Waals surface area contributed by atoms with E-state index in [1.807, 2.05) is 6.08 Å². The van der Waals surface area contributed by atoms with Crippen LogP contribution in [0, 0.1) is 20.8 Å². The number of benzene rings is 1. The fraction of sp³-hybridized carbons (Fsp3) is 0.333. The molecule has 0 atom stereocenters. The first-order valence-corrected chi connectivity index (χ1v) is 6.02. The van der Waals surface area contributed by atoms with Gasteiger partial charge >= 0.3 is 0 Å². The summed E-state index contributed by atoms with van der Waals surface area (Å²) in [5, 5.41) is 1.32. The molecule has 90 valence electrons. The van der Waals surface area contributed by atoms with Crippen molar-refractivity contribution in [3.05, 3.63) is 41.1 Å². The summed E-state index contributed by atoms with van der Waals surface area (Å²) in [6.07, 6.45) is 1.94. The Morgan fingerprint density at radius 3 is 2.59 bits per heavy atom. The molecule has 0 spiro atoms. The second kappa shape index (κ2) is 4.38. The maximum absolute atomic E-state index is 5.70. The van der Waals surface area contributed by atoms with Gasteiger partial charge < -0.3 is 10.3 Å². The van der Waals surface area contributed by atoms with E-state index < -0.39 is 0 Å². The Labute approximate surface area is 103 Å². The van der Waals surface area contributed by atoms with Crippen LogP contribution in [0.5, 0.6) is 0 Å². The van der Waals surface area contributed by atoms with E-state index in [4.69, 9.17) is 5.73 Å². The lowest BCUT2D eigenvalue weighted by Crippen LogP contribution is -2.10. The summed E-state index contributed by atoms with van der Waals surface area (Å²) >= 11 is 0. The van der Waals surface area contributed by atoms with Crippen LogP contribution in [0.4, 0.5) is 0 Å². The highest BCUT2D eigenvalue weighted by atomic mass is 15.0. The van der Waals surface area contributed by atoms with Crippen molar-refractivity contribution in [3.8, 4) is 0 Å². The zero-order chi connectivity index (χ0) is 12.6. The van der Waals surface area contributed by atoms with E-state index in [2.05, 4.69) is 44.0 Å². The second-order valence-corrected chi connectivity index (χ2v) is 4.60. The summed E-state index contributed by atoms with van der Waals surface area (Å²) in [5.74, 6) is 0. The highest BCUT2D eigenvalue weighted by Gasteiger charge is 2.13. The predicted molar refractivity (Wildman–Crippen MR) is 75.3 cm³/mol. The zero-order valence-corrected chi connectivity index (χ0v) is 10.9. The number of nitrogens with zero attached hydrogens (tertiary/aromatic N) is 1. The average Bonchev–Trinajstić information content (AvgIpc) is 2.54. The molecule has 0 aliphatic carbocycles. The quantitative estimate of drug-likeness (QED) is 0.859. The average molecular weight is 228 g/mol. The zero-order valence-electron chi connectivity index (χ0n) is 10.9. The Balaban J connectivity index is 2.88. The van der Waals surface area contributed by atoms with Crippen molar-refractivity contribution in [2.24, 2.45) is 5.73 Å². The molecule has 0 radical (unpaired) electrons. The summed E-state index contributed by atoms with van der Waals surface area (Å²) in [7, 11) is 0. The smallest absolute Gasteiger partial charge is 0.0494 e. The van der Waals surface area contributed by atoms with Crippen LogP contribution >= 0.6 is 0 Å². The minimum absolute atomic E-state index is 0.668. The molecule has 0 saturated heterocycles. The van der Waals surface area contributed by atoms with Crippen molar-refractivity contribution in [2.75, 3.05) is 6.54 Å². The molecule has 2 heteroatoms. The van der Waals surface area contributed by atoms with Crippen LogP contribution in [0.15, 0.2) is 18.7 Å². The first kappa shape index (κ1) is 11.9. The van der Waals surface area contributed by atoms with Crippen molar-refractivity contribution in [1.29, 1.82) is 0 Å². The molecular formula is C15H20N2. The van der Waals surface area contributed by atoms with Crippen molar-refractivity contribution >= 4 is 17.0 Å². The van der Waals surface area contributed by atoms with E-state index in [-0.39, 0.29) is 0 Å². The molecule has 17 heavy (non-hydrogen) atoms. The van der Waals surface area contributed by atoms with E-state index in [0.717, 1.165) is 6.54 Å². The van der Waals surface area contributed by atoms with Gasteiger partial charge in [-0.3, -0.25) is 0 Å². The fourth-order valence-electron chi connectivity index (χ4n) is 2.56. The standard InChI is InChI=1S/C15H20N2/c1-5-13-8-10(2)9-14-15(13)11(3)12(4)17(14)7-6-16/h5,8-9H,1,6-7,16H2,2-4H3. The highest BCUT2D eigenvalue weighted by molar-refractivity contribution is 5.93. The van der Waals surface area contributed by atoms with Gasteiger partial charge in [0.1, 0.15) is 0 Å². The Kier molecular flexibility index (Phi) is 3.07. The fourth-order valence-corrected chi connectivity index (χ4v) is 2.56. The Morgan fingerprint density at radius 1 is 1.29 bits per heavy atom. The number of fused-ring (bicyclic) bond motifs is 1. The minimum atomic E-state index is 0.668. The molecule has 0 aliphatic rings. The first-order chi connectivity index (χ1) is 8.10. The van der Waals surface area contributed by atoms with Gasteiger partial charge in [0.05, 0.1) is 0 Å². The lowest BCUT2D eigenvalue weighted by Gasteiger charge is -2.07. The van der Waals surface area contributed by atoms with Crippen LogP contribution in [0.3, 0.4) is 0 Å². The van der Waals surface area contributed by atoms with Crippen LogP contribution in [-0.4, -0.2) is 11.1 Å². The molecule has 2 aromatic rings. The topological polar surface area (TPSA) is 30.9 Å². The van der Waals surface area contributed by atoms with Crippen LogP contribution in [-0.2, 0) is 6.54 Å². The van der Waals surface area contributed by atoms with Gasteiger partial charge in [-0.05, 0) is 43.5 Å². The van der Waals surface area contributed by atoms with Crippen LogP contribution in [0.2, 0.25) is 0 Å². The molecule has 2 N–H and O–H groups in total. The predicted octanol–water partition coefficient (Wildman–Crippen LogP) is 3.17. The molecular weight excluding hydrogens is 208 g/mol. The van der Waals surface area contributed by atoms with Gasteiger partial charge in [0.25, 0.3) is 0 Å². The largest absolute Gasteiger partial charge is 0.343 e. The van der Waals surface area contributed by atoms with Crippen molar-refractivity contribution in [1.82, 2.24) is 4.57 Å². The van der Waals surface area contributed by atoms with Gasteiger partial charge in [0, 0.05) is 29.7 Å². The maximum Gasteiger partial charge on any atom is 0.0494 e. The third-order valence-corrected chi connectivity index (χ3v) is 3.48. The molecule has 0 bridgehead atoms. The molecule has 0 saturated carbocycles. The van der Waals surface area contributed by atoms with Gasteiger partial charge in [-0.25, -0.2) is 0 Å². The van der Waals surface area contributed by atoms with Crippen LogP contribution < -0.4 is 5.73 Å². The summed E-state index contributed by atoms with van der Waals surface area (Å²) in [6.45, 7) is 11.9. The third-order valence-electron chi connectivity index (χ3n) is 3.48. The first-order valence-electron chi connectivity index (χ1n) is 6.02. The summed E-state index contributed by atoms with van der Waals surface area (Å²) in [4.78, 5) is 0. The van der Waals surface area contributed by atoms with E-state index in [1.54, 1.807) is 0 Å². The number of nitrogens with two attached hydrogens (primary N) is 1. The monoisotopic (exact) mass is 228 g/mol. The number of hydrogen-bond donors (Lipinski definition) is 1. The number of hydrogen-bond acceptors (Lipinski definition) is 1. The van der Waals surface area contributed by atoms with Gasteiger partial charge in [-0.2, -0.15) is 0 Å². The SMILES string of the molecule is C=Cc1cc(C)cc2c1c(C)c(C)n2CCN. The molecule has 1 aromatic heterocycles. The maximum atomic E-state index is 5.70. The van der Waals surface area contributed by atoms with Crippen LogP contribution in [0.25, 0.3) is 17.0 Å². The molecule has 1 heterocycles. The van der Waals surface area contributed by atoms with Gasteiger partial charge in [-0.15, -0.1) is 0 Å². The molecule has 0 fully saturated rings. The van der Waals surface area contributed by atoms with Gasteiger partial charge in [-0.1, -0.05) is 18.7 Å². The third kappa shape index (κ3) is 1.79. The lowest BCUT2D eigenvalue weighted by atomic mass is 10.0. The van der Waals surface area contributed by atoms with Crippen molar-refractivity contribution in [2.45, 2.75) is 27.3 Å². The number of aryl methyl sites for hydroxylation is 2. The van der Waals surface area contributed by atoms with Crippen LogP contribution in [0.1, 0.15) is 22.4 Å². The Bertz CT molecular complexity index is 576. The summed E-state index contributed by atoms with van der Waals surface area (Å²) in [6, 6.07) is 4.42. The van der Waals surface area contributed by atoms with E-state index in [1.165, 1.54) is 33.3 Å². The van der Waals surface area contributed by atoms with Gasteiger partial charge in [0.2, 0.25) is 0 Å². The van der Waals surface area contributed by atoms with Gasteiger partial charge in [0.15, 0.2) is 0 Å². The van der Waals surface area contributed by atoms with Crippen molar-refractivity contribution in [3.63, 3.8) is 0 Å². The lowest BCUT2D eigenvalue weighted by molar-refractivity contribution is 0.712. The summed E-state index contributed by atoms with van der Waals surface area (Å²) < 4.78 is 2.31. The Morgan fingerprint density at radius 2 is 2.00 bits per heavy atom. The normalized spacial score (nSPS) is 11.1. The molecule has 0 aliphatic heterocycles. The van der Waals surface area contributed by atoms with E-state index in [9.17, 15) is 0 Å². The molecule has 2 rings (SSSR count). The van der Waals surface area contributed by atoms with E-state index >= 15 is 0 Å². The number of rotatable bonds is 3. The summed E-state index contributed by atoms with van der Waals surface area (Å²) in [5.41, 5.74) is 12.1. The molecule has 0 unspecified atom stereocenters. The molecule has 1 aromatic carbocycles. The van der Waals surface area contributed by atoms with Crippen molar-refractivity contribution < 1.29 is 0 Å². The Hall–Kier alpha value is -1.54. The molecule has 0 amide bonds.